The van der Waals surface area contributed by atoms with Crippen LogP contribution < -0.4 is 10.2 Å². The molecule has 0 aliphatic carbocycles. The van der Waals surface area contributed by atoms with Crippen LogP contribution in [0.1, 0.15) is 43.6 Å². The Morgan fingerprint density at radius 3 is 2.69 bits per heavy atom. The molecule has 0 radical (unpaired) electrons. The van der Waals surface area contributed by atoms with Crippen LogP contribution in [-0.4, -0.2) is 10.9 Å². The number of thiazole rings is 1. The zero-order valence-electron chi connectivity index (χ0n) is 16.6. The molecule has 0 saturated carbocycles. The summed E-state index contributed by atoms with van der Waals surface area (Å²) in [6.45, 7) is 6.26. The second kappa shape index (κ2) is 9.72. The molecule has 3 rings (SSSR count). The standard InChI is InChI=1S/C22H23Cl2N3OS/c1-4-16-7-5-6-8-21(16)27(15(3)28)22-26-18(13-29-22)12-25-14(2)19-10-9-17(23)11-20(19)24/h5-11,13-14,25H,4,12H2,1-3H3. The highest BCUT2D eigenvalue weighted by Crippen LogP contribution is 2.32. The van der Waals surface area contributed by atoms with Gasteiger partial charge in [0.05, 0.1) is 11.4 Å². The number of halogens is 2. The highest BCUT2D eigenvalue weighted by molar-refractivity contribution is 7.14. The highest BCUT2D eigenvalue weighted by atomic mass is 35.5. The molecule has 0 spiro atoms. The minimum atomic E-state index is -0.0546. The summed E-state index contributed by atoms with van der Waals surface area (Å²) >= 11 is 13.7. The Kier molecular flexibility index (Phi) is 7.30. The van der Waals surface area contributed by atoms with Gasteiger partial charge in [-0.15, -0.1) is 11.3 Å². The molecule has 7 heteroatoms. The van der Waals surface area contributed by atoms with Crippen LogP contribution in [0, 0.1) is 0 Å². The molecule has 4 nitrogen and oxygen atoms in total. The van der Waals surface area contributed by atoms with Gasteiger partial charge in [0.25, 0.3) is 0 Å². The number of para-hydroxylation sites is 1. The fourth-order valence-corrected chi connectivity index (χ4v) is 4.59. The molecular formula is C22H23Cl2N3OS. The molecule has 29 heavy (non-hydrogen) atoms. The zero-order valence-corrected chi connectivity index (χ0v) is 18.9. The third-order valence-corrected chi connectivity index (χ3v) is 6.11. The molecule has 0 aliphatic rings. The maximum atomic E-state index is 12.4. The number of hydrogen-bond donors (Lipinski definition) is 1. The topological polar surface area (TPSA) is 45.2 Å². The molecule has 1 amide bonds. The summed E-state index contributed by atoms with van der Waals surface area (Å²) in [6, 6.07) is 13.5. The van der Waals surface area contributed by atoms with Gasteiger partial charge < -0.3 is 5.32 Å². The van der Waals surface area contributed by atoms with Gasteiger partial charge in [-0.1, -0.05) is 54.4 Å². The summed E-state index contributed by atoms with van der Waals surface area (Å²) < 4.78 is 0. The lowest BCUT2D eigenvalue weighted by molar-refractivity contribution is -0.115. The van der Waals surface area contributed by atoms with Crippen molar-refractivity contribution in [2.45, 2.75) is 39.8 Å². The van der Waals surface area contributed by atoms with E-state index in [1.165, 1.54) is 11.3 Å². The summed E-state index contributed by atoms with van der Waals surface area (Å²) in [5, 5.41) is 7.33. The van der Waals surface area contributed by atoms with Gasteiger partial charge >= 0.3 is 0 Å². The van der Waals surface area contributed by atoms with E-state index in [1.54, 1.807) is 17.9 Å². The molecule has 0 saturated heterocycles. The lowest BCUT2D eigenvalue weighted by Crippen LogP contribution is -2.24. The van der Waals surface area contributed by atoms with Crippen molar-refractivity contribution in [1.29, 1.82) is 0 Å². The number of aryl methyl sites for hydroxylation is 1. The van der Waals surface area contributed by atoms with Crippen molar-refractivity contribution in [1.82, 2.24) is 10.3 Å². The first kappa shape index (κ1) is 21.8. The van der Waals surface area contributed by atoms with E-state index >= 15 is 0 Å². The predicted molar refractivity (Wildman–Crippen MR) is 122 cm³/mol. The Morgan fingerprint density at radius 2 is 2.00 bits per heavy atom. The Hall–Kier alpha value is -1.92. The summed E-state index contributed by atoms with van der Waals surface area (Å²) in [6.07, 6.45) is 0.846. The molecule has 1 heterocycles. The maximum Gasteiger partial charge on any atom is 0.230 e. The first-order valence-corrected chi connectivity index (χ1v) is 11.1. The summed E-state index contributed by atoms with van der Waals surface area (Å²) in [4.78, 5) is 18.8. The van der Waals surface area contributed by atoms with Gasteiger partial charge in [0.15, 0.2) is 5.13 Å². The molecule has 1 unspecified atom stereocenters. The van der Waals surface area contributed by atoms with E-state index in [-0.39, 0.29) is 11.9 Å². The monoisotopic (exact) mass is 447 g/mol. The number of nitrogens with zero attached hydrogens (tertiary/aromatic N) is 2. The van der Waals surface area contributed by atoms with Gasteiger partial charge in [-0.05, 0) is 42.7 Å². The van der Waals surface area contributed by atoms with Crippen molar-refractivity contribution < 1.29 is 4.79 Å². The fraction of sp³-hybridized carbons (Fsp3) is 0.273. The van der Waals surface area contributed by atoms with Gasteiger partial charge in [-0.25, -0.2) is 4.98 Å². The predicted octanol–water partition coefficient (Wildman–Crippen LogP) is 6.55. The third kappa shape index (κ3) is 5.17. The first-order chi connectivity index (χ1) is 13.9. The van der Waals surface area contributed by atoms with Gasteiger partial charge in [-0.2, -0.15) is 0 Å². The molecular weight excluding hydrogens is 425 g/mol. The van der Waals surface area contributed by atoms with Crippen LogP contribution in [0.3, 0.4) is 0 Å². The lowest BCUT2D eigenvalue weighted by Gasteiger charge is -2.21. The van der Waals surface area contributed by atoms with Crippen LogP contribution in [0.25, 0.3) is 0 Å². The first-order valence-electron chi connectivity index (χ1n) is 9.42. The lowest BCUT2D eigenvalue weighted by atomic mass is 10.1. The number of carbonyl (C=O) groups excluding carboxylic acids is 1. The van der Waals surface area contributed by atoms with E-state index in [0.29, 0.717) is 21.7 Å². The van der Waals surface area contributed by atoms with Gasteiger partial charge in [0.1, 0.15) is 0 Å². The van der Waals surface area contributed by atoms with Crippen LogP contribution in [0.4, 0.5) is 10.8 Å². The smallest absolute Gasteiger partial charge is 0.230 e. The number of aromatic nitrogens is 1. The quantitative estimate of drug-likeness (QED) is 0.446. The Labute approximate surface area is 185 Å². The van der Waals surface area contributed by atoms with Crippen molar-refractivity contribution >= 4 is 51.3 Å². The van der Waals surface area contributed by atoms with Crippen LogP contribution >= 0.6 is 34.5 Å². The number of nitrogens with one attached hydrogen (secondary N) is 1. The molecule has 0 bridgehead atoms. The zero-order chi connectivity index (χ0) is 21.0. The Morgan fingerprint density at radius 1 is 1.24 bits per heavy atom. The Bertz CT molecular complexity index is 1010. The minimum Gasteiger partial charge on any atom is -0.304 e. The average Bonchev–Trinajstić information content (AvgIpc) is 3.15. The number of benzene rings is 2. The normalized spacial score (nSPS) is 12.0. The van der Waals surface area contributed by atoms with E-state index < -0.39 is 0 Å². The molecule has 0 fully saturated rings. The summed E-state index contributed by atoms with van der Waals surface area (Å²) in [5.41, 5.74) is 3.86. The fourth-order valence-electron chi connectivity index (χ4n) is 3.14. The maximum absolute atomic E-state index is 12.4. The number of hydrogen-bond acceptors (Lipinski definition) is 4. The van der Waals surface area contributed by atoms with Crippen molar-refractivity contribution in [3.05, 3.63) is 74.7 Å². The molecule has 1 atom stereocenters. The van der Waals surface area contributed by atoms with E-state index in [4.69, 9.17) is 28.2 Å². The third-order valence-electron chi connectivity index (χ3n) is 4.68. The van der Waals surface area contributed by atoms with E-state index in [0.717, 1.165) is 28.9 Å². The molecule has 0 aliphatic heterocycles. The number of amides is 1. The Balaban J connectivity index is 1.76. The highest BCUT2D eigenvalue weighted by Gasteiger charge is 2.20. The van der Waals surface area contributed by atoms with Crippen molar-refractivity contribution in [2.24, 2.45) is 0 Å². The molecule has 1 aromatic heterocycles. The van der Waals surface area contributed by atoms with Crippen LogP contribution in [0.2, 0.25) is 10.0 Å². The number of anilines is 2. The van der Waals surface area contributed by atoms with Crippen molar-refractivity contribution in [3.63, 3.8) is 0 Å². The SMILES string of the molecule is CCc1ccccc1N(C(C)=O)c1nc(CNC(C)c2ccc(Cl)cc2Cl)cs1. The molecule has 1 N–H and O–H groups in total. The average molecular weight is 448 g/mol. The van der Waals surface area contributed by atoms with Crippen LogP contribution in [0.15, 0.2) is 47.8 Å². The molecule has 152 valence electrons. The van der Waals surface area contributed by atoms with E-state index in [9.17, 15) is 4.79 Å². The molecule has 2 aromatic carbocycles. The van der Waals surface area contributed by atoms with Gasteiger partial charge in [-0.3, -0.25) is 9.69 Å². The number of carbonyl (C=O) groups is 1. The second-order valence-corrected chi connectivity index (χ2v) is 8.41. The van der Waals surface area contributed by atoms with Crippen LogP contribution in [0.5, 0.6) is 0 Å². The van der Waals surface area contributed by atoms with E-state index in [2.05, 4.69) is 12.2 Å². The van der Waals surface area contributed by atoms with Crippen molar-refractivity contribution in [3.8, 4) is 0 Å². The van der Waals surface area contributed by atoms with Gasteiger partial charge in [0, 0.05) is 34.9 Å². The van der Waals surface area contributed by atoms with E-state index in [1.807, 2.05) is 48.7 Å². The van der Waals surface area contributed by atoms with Crippen LogP contribution in [-0.2, 0) is 17.8 Å². The largest absolute Gasteiger partial charge is 0.304 e. The summed E-state index contributed by atoms with van der Waals surface area (Å²) in [7, 11) is 0. The van der Waals surface area contributed by atoms with Gasteiger partial charge in [0.2, 0.25) is 5.91 Å². The minimum absolute atomic E-state index is 0.0367. The second-order valence-electron chi connectivity index (χ2n) is 6.73. The van der Waals surface area contributed by atoms with Crippen molar-refractivity contribution in [2.75, 3.05) is 4.90 Å². The number of rotatable bonds is 7. The summed E-state index contributed by atoms with van der Waals surface area (Å²) in [5.74, 6) is -0.0546. The molecule has 3 aromatic rings.